The normalized spacial score (nSPS) is 12.0. The highest BCUT2D eigenvalue weighted by Crippen LogP contribution is 2.27. The van der Waals surface area contributed by atoms with Crippen LogP contribution in [0, 0.1) is 42.7 Å². The molecule has 0 radical (unpaired) electrons. The molecular weight excluding hydrogens is 364 g/mol. The number of halogens is 2. The summed E-state index contributed by atoms with van der Waals surface area (Å²) < 4.78 is 35.0. The number of ether oxygens (including phenoxy) is 1. The van der Waals surface area contributed by atoms with Crippen molar-refractivity contribution in [3.63, 3.8) is 0 Å². The van der Waals surface area contributed by atoms with Crippen molar-refractivity contribution in [1.82, 2.24) is 9.38 Å². The molecule has 0 saturated heterocycles. The molecule has 0 aliphatic rings. The van der Waals surface area contributed by atoms with E-state index in [1.807, 2.05) is 6.92 Å². The first-order valence-electron chi connectivity index (χ1n) is 8.79. The number of fused-ring (bicyclic) bond motifs is 1. The van der Waals surface area contributed by atoms with Gasteiger partial charge in [0.1, 0.15) is 23.9 Å². The SMILES string of the molecule is Cc1cc(OCc2c(F)cccc2F)c2nc(C)c(C(=O)CC(C)C#N)n2c1. The quantitative estimate of drug-likeness (QED) is 0.586. The van der Waals surface area contributed by atoms with Crippen molar-refractivity contribution in [3.8, 4) is 11.8 Å². The predicted octanol–water partition coefficient (Wildman–Crippen LogP) is 4.54. The summed E-state index contributed by atoms with van der Waals surface area (Å²) in [4.78, 5) is 17.1. The second-order valence-corrected chi connectivity index (χ2v) is 6.77. The number of pyridine rings is 1. The van der Waals surface area contributed by atoms with Crippen molar-refractivity contribution >= 4 is 11.4 Å². The first-order chi connectivity index (χ1) is 13.3. The van der Waals surface area contributed by atoms with Gasteiger partial charge in [-0.15, -0.1) is 0 Å². The maximum Gasteiger partial charge on any atom is 0.182 e. The van der Waals surface area contributed by atoms with Crippen LogP contribution in [0.15, 0.2) is 30.5 Å². The monoisotopic (exact) mass is 383 g/mol. The molecule has 1 unspecified atom stereocenters. The van der Waals surface area contributed by atoms with E-state index in [0.717, 1.165) is 5.56 Å². The van der Waals surface area contributed by atoms with Crippen molar-refractivity contribution in [2.45, 2.75) is 33.8 Å². The molecule has 0 bridgehead atoms. The molecule has 0 N–H and O–H groups in total. The lowest BCUT2D eigenvalue weighted by molar-refractivity contribution is 0.0966. The number of carbonyl (C=O) groups is 1. The zero-order chi connectivity index (χ0) is 20.4. The van der Waals surface area contributed by atoms with Gasteiger partial charge < -0.3 is 4.74 Å². The Balaban J connectivity index is 2.00. The first kappa shape index (κ1) is 19.5. The summed E-state index contributed by atoms with van der Waals surface area (Å²) in [5.74, 6) is -1.68. The molecule has 0 fully saturated rings. The van der Waals surface area contributed by atoms with Gasteiger partial charge in [0.2, 0.25) is 0 Å². The highest BCUT2D eigenvalue weighted by molar-refractivity contribution is 5.97. The van der Waals surface area contributed by atoms with Gasteiger partial charge in [0.15, 0.2) is 17.2 Å². The highest BCUT2D eigenvalue weighted by atomic mass is 19.1. The van der Waals surface area contributed by atoms with Crippen LogP contribution < -0.4 is 4.74 Å². The summed E-state index contributed by atoms with van der Waals surface area (Å²) >= 11 is 0. The van der Waals surface area contributed by atoms with E-state index < -0.39 is 17.6 Å². The Morgan fingerprint density at radius 3 is 2.64 bits per heavy atom. The van der Waals surface area contributed by atoms with Crippen LogP contribution in [0.1, 0.15) is 40.7 Å². The molecule has 0 amide bonds. The molecule has 1 atom stereocenters. The molecule has 0 aliphatic carbocycles. The highest BCUT2D eigenvalue weighted by Gasteiger charge is 2.21. The summed E-state index contributed by atoms with van der Waals surface area (Å²) in [7, 11) is 0. The third kappa shape index (κ3) is 3.72. The molecule has 0 aliphatic heterocycles. The number of nitriles is 1. The van der Waals surface area contributed by atoms with E-state index in [1.165, 1.54) is 18.2 Å². The number of aryl methyl sites for hydroxylation is 2. The van der Waals surface area contributed by atoms with Crippen LogP contribution in [0.2, 0.25) is 0 Å². The molecular formula is C21H19F2N3O2. The molecule has 5 nitrogen and oxygen atoms in total. The standard InChI is InChI=1S/C21H19F2N3O2/c1-12(9-24)7-18(27)20-14(3)25-21-19(8-13(2)10-26(20)21)28-11-15-16(22)5-4-6-17(15)23/h4-6,8,10,12H,7,11H2,1-3H3. The Morgan fingerprint density at radius 1 is 1.32 bits per heavy atom. The lowest BCUT2D eigenvalue weighted by Crippen LogP contribution is -2.09. The number of benzene rings is 1. The van der Waals surface area contributed by atoms with E-state index in [2.05, 4.69) is 11.1 Å². The largest absolute Gasteiger partial charge is 0.485 e. The molecule has 0 saturated carbocycles. The minimum absolute atomic E-state index is 0.0791. The smallest absolute Gasteiger partial charge is 0.182 e. The molecule has 1 aromatic carbocycles. The van der Waals surface area contributed by atoms with Crippen LogP contribution in [-0.2, 0) is 6.61 Å². The minimum atomic E-state index is -0.690. The number of imidazole rings is 1. The zero-order valence-corrected chi connectivity index (χ0v) is 15.8. The van der Waals surface area contributed by atoms with Crippen molar-refractivity contribution in [3.05, 3.63) is 64.6 Å². The van der Waals surface area contributed by atoms with E-state index in [1.54, 1.807) is 30.5 Å². The number of Topliss-reactive ketones (excluding diaryl/α,β-unsaturated/α-hetero) is 1. The van der Waals surface area contributed by atoms with Gasteiger partial charge in [0.25, 0.3) is 0 Å². The van der Waals surface area contributed by atoms with E-state index in [4.69, 9.17) is 10.00 Å². The fourth-order valence-electron chi connectivity index (χ4n) is 3.04. The third-order valence-corrected chi connectivity index (χ3v) is 4.41. The fourth-order valence-corrected chi connectivity index (χ4v) is 3.04. The van der Waals surface area contributed by atoms with Crippen LogP contribution >= 0.6 is 0 Å². The van der Waals surface area contributed by atoms with Crippen LogP contribution in [0.25, 0.3) is 5.65 Å². The summed E-state index contributed by atoms with van der Waals surface area (Å²) in [5.41, 5.74) is 1.87. The summed E-state index contributed by atoms with van der Waals surface area (Å²) in [5, 5.41) is 8.97. The van der Waals surface area contributed by atoms with E-state index in [-0.39, 0.29) is 24.4 Å². The Labute approximate surface area is 161 Å². The molecule has 28 heavy (non-hydrogen) atoms. The van der Waals surface area contributed by atoms with Gasteiger partial charge in [-0.1, -0.05) is 6.07 Å². The Morgan fingerprint density at radius 2 is 2.00 bits per heavy atom. The topological polar surface area (TPSA) is 67.4 Å². The number of aromatic nitrogens is 2. The fraction of sp³-hybridized carbons (Fsp3) is 0.286. The number of carbonyl (C=O) groups excluding carboxylic acids is 1. The molecule has 0 spiro atoms. The van der Waals surface area contributed by atoms with Crippen molar-refractivity contribution in [2.24, 2.45) is 5.92 Å². The summed E-state index contributed by atoms with van der Waals surface area (Å²) in [6.45, 7) is 4.89. The van der Waals surface area contributed by atoms with Gasteiger partial charge >= 0.3 is 0 Å². The lowest BCUT2D eigenvalue weighted by Gasteiger charge is -2.11. The number of rotatable bonds is 6. The number of hydrogen-bond donors (Lipinski definition) is 0. The molecule has 2 aromatic heterocycles. The average Bonchev–Trinajstić information content (AvgIpc) is 2.96. The van der Waals surface area contributed by atoms with Gasteiger partial charge in [-0.3, -0.25) is 9.20 Å². The molecule has 144 valence electrons. The van der Waals surface area contributed by atoms with Gasteiger partial charge in [-0.2, -0.15) is 5.26 Å². The average molecular weight is 383 g/mol. The number of ketones is 1. The van der Waals surface area contributed by atoms with Crippen LogP contribution in [0.5, 0.6) is 5.75 Å². The zero-order valence-electron chi connectivity index (χ0n) is 15.8. The second kappa shape index (κ2) is 7.77. The van der Waals surface area contributed by atoms with Gasteiger partial charge in [0.05, 0.1) is 23.2 Å². The van der Waals surface area contributed by atoms with Crippen LogP contribution in [0.3, 0.4) is 0 Å². The lowest BCUT2D eigenvalue weighted by atomic mass is 10.0. The van der Waals surface area contributed by atoms with Crippen LogP contribution in [0.4, 0.5) is 8.78 Å². The van der Waals surface area contributed by atoms with E-state index in [9.17, 15) is 13.6 Å². The Hall–Kier alpha value is -3.27. The van der Waals surface area contributed by atoms with E-state index >= 15 is 0 Å². The third-order valence-electron chi connectivity index (χ3n) is 4.41. The Bertz CT molecular complexity index is 1080. The van der Waals surface area contributed by atoms with Crippen LogP contribution in [-0.4, -0.2) is 15.2 Å². The maximum absolute atomic E-state index is 13.9. The molecule has 3 rings (SSSR count). The van der Waals surface area contributed by atoms with Gasteiger partial charge in [-0.25, -0.2) is 13.8 Å². The van der Waals surface area contributed by atoms with Crippen molar-refractivity contribution in [1.29, 1.82) is 5.26 Å². The number of hydrogen-bond acceptors (Lipinski definition) is 4. The van der Waals surface area contributed by atoms with Gasteiger partial charge in [0, 0.05) is 12.6 Å². The predicted molar refractivity (Wildman–Crippen MR) is 99.1 cm³/mol. The summed E-state index contributed by atoms with van der Waals surface area (Å²) in [6, 6.07) is 7.37. The van der Waals surface area contributed by atoms with Crippen molar-refractivity contribution < 1.29 is 18.3 Å². The second-order valence-electron chi connectivity index (χ2n) is 6.77. The minimum Gasteiger partial charge on any atom is -0.485 e. The maximum atomic E-state index is 13.9. The summed E-state index contributed by atoms with van der Waals surface area (Å²) in [6.07, 6.45) is 1.83. The van der Waals surface area contributed by atoms with Crippen molar-refractivity contribution in [2.75, 3.05) is 0 Å². The van der Waals surface area contributed by atoms with Gasteiger partial charge in [-0.05, 0) is 44.5 Å². The number of nitrogens with zero attached hydrogens (tertiary/aromatic N) is 3. The first-order valence-corrected chi connectivity index (χ1v) is 8.79. The Kier molecular flexibility index (Phi) is 5.41. The van der Waals surface area contributed by atoms with E-state index in [0.29, 0.717) is 22.8 Å². The molecule has 7 heteroatoms. The molecule has 2 heterocycles. The molecule has 3 aromatic rings.